The maximum atomic E-state index is 12.5. The maximum Gasteiger partial charge on any atom is 0.335 e. The predicted molar refractivity (Wildman–Crippen MR) is 97.4 cm³/mol. The average molecular weight is 367 g/mol. The van der Waals surface area contributed by atoms with Gasteiger partial charge in [0, 0.05) is 12.6 Å². The number of hydrogen-bond acceptors (Lipinski definition) is 4. The summed E-state index contributed by atoms with van der Waals surface area (Å²) >= 11 is 0. The van der Waals surface area contributed by atoms with Gasteiger partial charge in [0.25, 0.3) is 12.2 Å². The van der Waals surface area contributed by atoms with Crippen molar-refractivity contribution < 1.29 is 24.2 Å². The van der Waals surface area contributed by atoms with E-state index in [9.17, 15) is 14.8 Å². The number of rotatable bonds is 5. The summed E-state index contributed by atoms with van der Waals surface area (Å²) in [4.78, 5) is 23.4. The fourth-order valence-corrected chi connectivity index (χ4v) is 2.68. The third kappa shape index (κ3) is 3.59. The van der Waals surface area contributed by atoms with Crippen LogP contribution < -0.4 is 14.8 Å². The lowest BCUT2D eigenvalue weighted by molar-refractivity contribution is -0.606. The Balaban J connectivity index is 1.86. The Kier molecular flexibility index (Phi) is 4.80. The van der Waals surface area contributed by atoms with Crippen LogP contribution in [0.15, 0.2) is 54.9 Å². The molecule has 0 spiro atoms. The number of ether oxygens (including phenoxy) is 1. The average Bonchev–Trinajstić information content (AvgIpc) is 2.96. The maximum absolute atomic E-state index is 12.5. The molecule has 3 aromatic rings. The van der Waals surface area contributed by atoms with Crippen LogP contribution in [0.2, 0.25) is 0 Å². The van der Waals surface area contributed by atoms with E-state index in [-0.39, 0.29) is 11.3 Å². The van der Waals surface area contributed by atoms with Gasteiger partial charge in [-0.3, -0.25) is 4.79 Å². The summed E-state index contributed by atoms with van der Waals surface area (Å²) in [7, 11) is 1.56. The smallest absolute Gasteiger partial charge is 0.335 e. The fraction of sp³-hybridized carbons (Fsp3) is 0.105. The summed E-state index contributed by atoms with van der Waals surface area (Å²) in [6.07, 6.45) is 1.28. The first-order valence-electron chi connectivity index (χ1n) is 8.01. The highest BCUT2D eigenvalue weighted by Crippen LogP contribution is 2.18. The summed E-state index contributed by atoms with van der Waals surface area (Å²) in [6, 6.07) is 12.7. The molecule has 1 amide bonds. The highest BCUT2D eigenvalue weighted by atomic mass is 16.5. The number of amides is 1. The molecule has 3 rings (SSSR count). The highest BCUT2D eigenvalue weighted by molar-refractivity contribution is 6.03. The molecule has 0 saturated heterocycles. The molecule has 27 heavy (non-hydrogen) atoms. The van der Waals surface area contributed by atoms with Gasteiger partial charge in [0.1, 0.15) is 11.4 Å². The number of imidazole rings is 1. The quantitative estimate of drug-likeness (QED) is 0.532. The van der Waals surface area contributed by atoms with E-state index in [1.165, 1.54) is 30.6 Å². The van der Waals surface area contributed by atoms with Gasteiger partial charge in [-0.2, -0.15) is 4.57 Å². The molecule has 0 unspecified atom stereocenters. The van der Waals surface area contributed by atoms with Crippen LogP contribution in [0, 0.1) is 12.1 Å². The standard InChI is InChI=1S/C19H17N3O5/c1-12-17(18(23)20-14-5-3-13(4-6-14)19(24)25)22(26)11-21(12)15-7-9-16(27-2)10-8-15/h3-11H,1-2H3,(H,20,23)(H,24,25). The highest BCUT2D eigenvalue weighted by Gasteiger charge is 2.24. The van der Waals surface area contributed by atoms with Crippen LogP contribution in [0.25, 0.3) is 5.69 Å². The summed E-state index contributed by atoms with van der Waals surface area (Å²) in [5, 5.41) is 23.8. The lowest BCUT2D eigenvalue weighted by Crippen LogP contribution is -2.34. The van der Waals surface area contributed by atoms with E-state index >= 15 is 0 Å². The molecule has 8 heteroatoms. The summed E-state index contributed by atoms with van der Waals surface area (Å²) in [6.45, 7) is 1.67. The number of benzene rings is 2. The first-order chi connectivity index (χ1) is 12.9. The third-order valence-electron chi connectivity index (χ3n) is 4.10. The van der Waals surface area contributed by atoms with Crippen molar-refractivity contribution in [2.45, 2.75) is 6.92 Å². The molecule has 8 nitrogen and oxygen atoms in total. The Hall–Kier alpha value is -3.81. The molecular weight excluding hydrogens is 350 g/mol. The monoisotopic (exact) mass is 367 g/mol. The largest absolute Gasteiger partial charge is 0.710 e. The molecule has 2 aromatic carbocycles. The Labute approximate surface area is 154 Å². The second kappa shape index (κ2) is 7.20. The zero-order valence-corrected chi connectivity index (χ0v) is 14.7. The van der Waals surface area contributed by atoms with Crippen molar-refractivity contribution in [2.75, 3.05) is 12.4 Å². The van der Waals surface area contributed by atoms with Crippen LogP contribution in [0.3, 0.4) is 0 Å². The second-order valence-electron chi connectivity index (χ2n) is 5.78. The van der Waals surface area contributed by atoms with Crippen molar-refractivity contribution >= 4 is 17.6 Å². The Bertz CT molecular complexity index is 991. The molecule has 0 aliphatic heterocycles. The fourth-order valence-electron chi connectivity index (χ4n) is 2.68. The van der Waals surface area contributed by atoms with Gasteiger partial charge in [-0.1, -0.05) is 0 Å². The Morgan fingerprint density at radius 1 is 1.11 bits per heavy atom. The van der Waals surface area contributed by atoms with Crippen molar-refractivity contribution in [2.24, 2.45) is 0 Å². The van der Waals surface area contributed by atoms with E-state index in [0.717, 1.165) is 0 Å². The molecule has 1 aromatic heterocycles. The third-order valence-corrected chi connectivity index (χ3v) is 4.10. The molecule has 0 bridgehead atoms. The second-order valence-corrected chi connectivity index (χ2v) is 5.78. The van der Waals surface area contributed by atoms with E-state index in [2.05, 4.69) is 5.32 Å². The molecule has 0 atom stereocenters. The van der Waals surface area contributed by atoms with E-state index < -0.39 is 11.9 Å². The van der Waals surface area contributed by atoms with Crippen molar-refractivity contribution in [1.29, 1.82) is 0 Å². The number of nitrogens with zero attached hydrogens (tertiary/aromatic N) is 2. The number of hydrogen-bond donors (Lipinski definition) is 2. The van der Waals surface area contributed by atoms with Crippen molar-refractivity contribution in [3.05, 3.63) is 77.0 Å². The van der Waals surface area contributed by atoms with Crippen LogP contribution in [-0.4, -0.2) is 28.7 Å². The number of carbonyl (C=O) groups is 2. The Morgan fingerprint density at radius 2 is 1.74 bits per heavy atom. The molecule has 0 fully saturated rings. The molecule has 0 saturated carbocycles. The van der Waals surface area contributed by atoms with Crippen LogP contribution in [0.1, 0.15) is 26.5 Å². The number of methoxy groups -OCH3 is 1. The molecule has 2 N–H and O–H groups in total. The van der Waals surface area contributed by atoms with E-state index in [0.29, 0.717) is 27.5 Å². The molecule has 0 aliphatic rings. The molecular formula is C19H17N3O5. The number of aromatic carboxylic acids is 1. The number of carbonyl (C=O) groups excluding carboxylic acids is 1. The summed E-state index contributed by atoms with van der Waals surface area (Å²) in [5.74, 6) is -0.961. The van der Waals surface area contributed by atoms with Gasteiger partial charge < -0.3 is 20.4 Å². The Morgan fingerprint density at radius 3 is 2.30 bits per heavy atom. The number of carboxylic acids is 1. The van der Waals surface area contributed by atoms with Crippen molar-refractivity contribution in [1.82, 2.24) is 4.57 Å². The number of anilines is 1. The van der Waals surface area contributed by atoms with Crippen molar-refractivity contribution in [3.63, 3.8) is 0 Å². The summed E-state index contributed by atoms with van der Waals surface area (Å²) < 4.78 is 7.22. The number of nitrogens with one attached hydrogen (secondary N) is 1. The predicted octanol–water partition coefficient (Wildman–Crippen LogP) is 2.38. The SMILES string of the molecule is COc1ccc(-n2c[n+]([O-])c(C(=O)Nc3ccc(C(=O)O)cc3)c2C)cc1. The topological polar surface area (TPSA) is 107 Å². The van der Waals surface area contributed by atoms with Gasteiger partial charge in [0.05, 0.1) is 12.7 Å². The van der Waals surface area contributed by atoms with Gasteiger partial charge in [-0.25, -0.2) is 9.52 Å². The number of carboxylic acid groups (broad SMARTS) is 1. The zero-order valence-electron chi connectivity index (χ0n) is 14.7. The van der Waals surface area contributed by atoms with Gasteiger partial charge in [0.15, 0.2) is 5.69 Å². The first kappa shape index (κ1) is 18.0. The van der Waals surface area contributed by atoms with Crippen LogP contribution in [-0.2, 0) is 0 Å². The molecule has 0 aliphatic carbocycles. The minimum Gasteiger partial charge on any atom is -0.710 e. The van der Waals surface area contributed by atoms with Crippen LogP contribution in [0.5, 0.6) is 5.75 Å². The normalized spacial score (nSPS) is 10.4. The van der Waals surface area contributed by atoms with E-state index in [4.69, 9.17) is 9.84 Å². The van der Waals surface area contributed by atoms with Gasteiger partial charge in [0.2, 0.25) is 5.69 Å². The summed E-state index contributed by atoms with van der Waals surface area (Å²) in [5.41, 5.74) is 1.63. The van der Waals surface area contributed by atoms with E-state index in [1.807, 2.05) is 0 Å². The molecule has 138 valence electrons. The van der Waals surface area contributed by atoms with Crippen LogP contribution in [0.4, 0.5) is 5.69 Å². The van der Waals surface area contributed by atoms with Gasteiger partial charge >= 0.3 is 5.97 Å². The lowest BCUT2D eigenvalue weighted by Gasteiger charge is -2.06. The van der Waals surface area contributed by atoms with Crippen LogP contribution >= 0.6 is 0 Å². The van der Waals surface area contributed by atoms with Gasteiger partial charge in [-0.05, 0) is 48.5 Å². The zero-order chi connectivity index (χ0) is 19.6. The lowest BCUT2D eigenvalue weighted by atomic mass is 10.2. The first-order valence-corrected chi connectivity index (χ1v) is 8.01. The minimum atomic E-state index is -1.06. The van der Waals surface area contributed by atoms with Crippen molar-refractivity contribution in [3.8, 4) is 11.4 Å². The van der Waals surface area contributed by atoms with Gasteiger partial charge in [-0.15, -0.1) is 0 Å². The molecule has 1 heterocycles. The van der Waals surface area contributed by atoms with E-state index in [1.54, 1.807) is 42.9 Å². The number of aromatic nitrogens is 2. The minimum absolute atomic E-state index is 0.0480. The molecule has 0 radical (unpaired) electrons.